The van der Waals surface area contributed by atoms with Crippen LogP contribution in [0.4, 0.5) is 0 Å². The van der Waals surface area contributed by atoms with Crippen LogP contribution in [0.15, 0.2) is 4.47 Å². The third-order valence-corrected chi connectivity index (χ3v) is 4.10. The van der Waals surface area contributed by atoms with Gasteiger partial charge in [0, 0.05) is 25.7 Å². The molecule has 1 aromatic heterocycles. The fraction of sp³-hybridized carbons (Fsp3) is 0.750. The summed E-state index contributed by atoms with van der Waals surface area (Å²) >= 11 is 3.60. The van der Waals surface area contributed by atoms with E-state index in [2.05, 4.69) is 59.2 Å². The average molecular weight is 303 g/mol. The van der Waals surface area contributed by atoms with Gasteiger partial charge in [0.05, 0.1) is 15.9 Å². The molecule has 0 saturated carbocycles. The van der Waals surface area contributed by atoms with E-state index in [9.17, 15) is 0 Å². The second-order valence-electron chi connectivity index (χ2n) is 4.61. The zero-order valence-electron chi connectivity index (χ0n) is 11.4. The fourth-order valence-corrected chi connectivity index (χ4v) is 2.04. The lowest BCUT2D eigenvalue weighted by Crippen LogP contribution is -2.35. The minimum absolute atomic E-state index is 0.535. The van der Waals surface area contributed by atoms with Crippen LogP contribution in [0, 0.1) is 6.92 Å². The van der Waals surface area contributed by atoms with E-state index in [-0.39, 0.29) is 0 Å². The Morgan fingerprint density at radius 3 is 2.65 bits per heavy atom. The summed E-state index contributed by atoms with van der Waals surface area (Å²) in [4.78, 5) is 2.21. The number of halogens is 1. The van der Waals surface area contributed by atoms with Crippen molar-refractivity contribution in [2.24, 2.45) is 0 Å². The van der Waals surface area contributed by atoms with Crippen LogP contribution < -0.4 is 5.32 Å². The van der Waals surface area contributed by atoms with Crippen molar-refractivity contribution in [1.82, 2.24) is 20.0 Å². The molecule has 1 atom stereocenters. The quantitative estimate of drug-likeness (QED) is 0.873. The maximum Gasteiger partial charge on any atom is 0.0739 e. The first kappa shape index (κ1) is 14.7. The molecule has 1 rings (SSSR count). The van der Waals surface area contributed by atoms with E-state index in [1.165, 1.54) is 5.69 Å². The Balaban J connectivity index is 2.57. The van der Waals surface area contributed by atoms with Crippen molar-refractivity contribution in [2.45, 2.75) is 39.9 Å². The van der Waals surface area contributed by atoms with Gasteiger partial charge in [-0.1, -0.05) is 0 Å². The van der Waals surface area contributed by atoms with Gasteiger partial charge in [-0.2, -0.15) is 5.10 Å². The lowest BCUT2D eigenvalue weighted by Gasteiger charge is -2.20. The maximum atomic E-state index is 4.48. The molecule has 98 valence electrons. The van der Waals surface area contributed by atoms with Crippen molar-refractivity contribution in [2.75, 3.05) is 20.6 Å². The SMILES string of the molecule is CCn1nc(C)c(Br)c1CNCC(C)N(C)C. The summed E-state index contributed by atoms with van der Waals surface area (Å²) in [5, 5.41) is 7.96. The number of nitrogens with one attached hydrogen (secondary N) is 1. The summed E-state index contributed by atoms with van der Waals surface area (Å²) < 4.78 is 3.18. The predicted octanol–water partition coefficient (Wildman–Crippen LogP) is 2.01. The van der Waals surface area contributed by atoms with E-state index in [1.54, 1.807) is 0 Å². The van der Waals surface area contributed by atoms with Crippen molar-refractivity contribution >= 4 is 15.9 Å². The van der Waals surface area contributed by atoms with Gasteiger partial charge in [-0.15, -0.1) is 0 Å². The number of hydrogen-bond donors (Lipinski definition) is 1. The molecule has 4 nitrogen and oxygen atoms in total. The molecule has 0 aromatic carbocycles. The predicted molar refractivity (Wildman–Crippen MR) is 75.2 cm³/mol. The van der Waals surface area contributed by atoms with Gasteiger partial charge in [0.1, 0.15) is 0 Å². The maximum absolute atomic E-state index is 4.48. The number of rotatable bonds is 6. The first-order chi connectivity index (χ1) is 7.97. The van der Waals surface area contributed by atoms with Crippen LogP contribution in [0.3, 0.4) is 0 Å². The Hall–Kier alpha value is -0.390. The Bertz CT molecular complexity index is 360. The molecular weight excluding hydrogens is 280 g/mol. The van der Waals surface area contributed by atoms with Crippen molar-refractivity contribution in [1.29, 1.82) is 0 Å². The third-order valence-electron chi connectivity index (χ3n) is 3.07. The Labute approximate surface area is 113 Å². The molecule has 1 N–H and O–H groups in total. The van der Waals surface area contributed by atoms with Crippen LogP contribution in [-0.2, 0) is 13.1 Å². The summed E-state index contributed by atoms with van der Waals surface area (Å²) in [6.45, 7) is 9.10. The van der Waals surface area contributed by atoms with E-state index >= 15 is 0 Å². The van der Waals surface area contributed by atoms with Crippen LogP contribution in [0.2, 0.25) is 0 Å². The lowest BCUT2D eigenvalue weighted by molar-refractivity contribution is 0.301. The highest BCUT2D eigenvalue weighted by molar-refractivity contribution is 9.10. The number of aryl methyl sites for hydroxylation is 2. The number of aromatic nitrogens is 2. The summed E-state index contributed by atoms with van der Waals surface area (Å²) in [7, 11) is 4.20. The first-order valence-electron chi connectivity index (χ1n) is 6.06. The van der Waals surface area contributed by atoms with Crippen molar-refractivity contribution in [3.05, 3.63) is 15.9 Å². The molecule has 1 aromatic rings. The Morgan fingerprint density at radius 2 is 2.12 bits per heavy atom. The zero-order chi connectivity index (χ0) is 13.0. The molecule has 0 aliphatic heterocycles. The molecule has 0 saturated heterocycles. The van der Waals surface area contributed by atoms with E-state index in [0.29, 0.717) is 6.04 Å². The van der Waals surface area contributed by atoms with E-state index in [1.807, 2.05) is 11.6 Å². The Kier molecular flexibility index (Phi) is 5.62. The first-order valence-corrected chi connectivity index (χ1v) is 6.85. The zero-order valence-corrected chi connectivity index (χ0v) is 13.0. The minimum atomic E-state index is 0.535. The molecule has 0 fully saturated rings. The van der Waals surface area contributed by atoms with Crippen molar-refractivity contribution in [3.8, 4) is 0 Å². The number of hydrogen-bond acceptors (Lipinski definition) is 3. The highest BCUT2D eigenvalue weighted by atomic mass is 79.9. The van der Waals surface area contributed by atoms with Crippen LogP contribution in [0.25, 0.3) is 0 Å². The largest absolute Gasteiger partial charge is 0.310 e. The average Bonchev–Trinajstić information content (AvgIpc) is 2.56. The topological polar surface area (TPSA) is 33.1 Å². The van der Waals surface area contributed by atoms with Crippen molar-refractivity contribution < 1.29 is 0 Å². The number of nitrogens with zero attached hydrogens (tertiary/aromatic N) is 3. The summed E-state index contributed by atoms with van der Waals surface area (Å²) in [5.74, 6) is 0. The molecule has 1 heterocycles. The smallest absolute Gasteiger partial charge is 0.0739 e. The molecule has 5 heteroatoms. The summed E-state index contributed by atoms with van der Waals surface area (Å²) in [5.41, 5.74) is 2.29. The van der Waals surface area contributed by atoms with Gasteiger partial charge in [-0.3, -0.25) is 4.68 Å². The molecule has 0 radical (unpaired) electrons. The van der Waals surface area contributed by atoms with E-state index in [4.69, 9.17) is 0 Å². The van der Waals surface area contributed by atoms with E-state index in [0.717, 1.165) is 29.8 Å². The van der Waals surface area contributed by atoms with E-state index < -0.39 is 0 Å². The van der Waals surface area contributed by atoms with Gasteiger partial charge >= 0.3 is 0 Å². The van der Waals surface area contributed by atoms with Gasteiger partial charge in [0.25, 0.3) is 0 Å². The highest BCUT2D eigenvalue weighted by Gasteiger charge is 2.12. The highest BCUT2D eigenvalue weighted by Crippen LogP contribution is 2.20. The van der Waals surface area contributed by atoms with Crippen LogP contribution in [-0.4, -0.2) is 41.4 Å². The summed E-state index contributed by atoms with van der Waals surface area (Å²) in [6, 6.07) is 0.535. The van der Waals surface area contributed by atoms with Gasteiger partial charge < -0.3 is 10.2 Å². The fourth-order valence-electron chi connectivity index (χ4n) is 1.62. The molecular formula is C12H23BrN4. The van der Waals surface area contributed by atoms with Crippen LogP contribution >= 0.6 is 15.9 Å². The lowest BCUT2D eigenvalue weighted by atomic mass is 10.3. The second kappa shape index (κ2) is 6.52. The normalized spacial score (nSPS) is 13.4. The van der Waals surface area contributed by atoms with Crippen LogP contribution in [0.1, 0.15) is 25.2 Å². The van der Waals surface area contributed by atoms with Gasteiger partial charge in [-0.05, 0) is 50.8 Å². The van der Waals surface area contributed by atoms with Crippen molar-refractivity contribution in [3.63, 3.8) is 0 Å². The number of likely N-dealkylation sites (N-methyl/N-ethyl adjacent to an activating group) is 1. The molecule has 0 spiro atoms. The molecule has 0 amide bonds. The third kappa shape index (κ3) is 3.79. The monoisotopic (exact) mass is 302 g/mol. The minimum Gasteiger partial charge on any atom is -0.310 e. The molecule has 0 aliphatic rings. The molecule has 0 bridgehead atoms. The second-order valence-corrected chi connectivity index (χ2v) is 5.40. The standard InChI is InChI=1S/C12H23BrN4/c1-6-17-11(12(13)10(3)15-17)8-14-7-9(2)16(4)5/h9,14H,6-8H2,1-5H3. The van der Waals surface area contributed by atoms with Gasteiger partial charge in [0.15, 0.2) is 0 Å². The van der Waals surface area contributed by atoms with Gasteiger partial charge in [0.2, 0.25) is 0 Å². The molecule has 1 unspecified atom stereocenters. The van der Waals surface area contributed by atoms with Crippen LogP contribution in [0.5, 0.6) is 0 Å². The Morgan fingerprint density at radius 1 is 1.47 bits per heavy atom. The molecule has 0 aliphatic carbocycles. The summed E-state index contributed by atoms with van der Waals surface area (Å²) in [6.07, 6.45) is 0. The van der Waals surface area contributed by atoms with Gasteiger partial charge in [-0.25, -0.2) is 0 Å². The molecule has 17 heavy (non-hydrogen) atoms.